The number of phenols is 1. The number of esters is 2. The molecule has 5 aliphatic heterocycles. The van der Waals surface area contributed by atoms with E-state index in [4.69, 9.17) is 51.2 Å². The Morgan fingerprint density at radius 2 is 0.696 bits per heavy atom. The van der Waals surface area contributed by atoms with Gasteiger partial charge < -0.3 is 76.1 Å². The number of ether oxygens (including phenoxy) is 8. The second kappa shape index (κ2) is 44.7. The van der Waals surface area contributed by atoms with Crippen LogP contribution in [0.3, 0.4) is 0 Å². The van der Waals surface area contributed by atoms with E-state index >= 15 is 0 Å². The Bertz CT molecular complexity index is 5470. The highest BCUT2D eigenvalue weighted by Gasteiger charge is 2.53. The van der Waals surface area contributed by atoms with Crippen molar-refractivity contribution in [3.63, 3.8) is 0 Å². The molecular weight excluding hydrogens is 1750 g/mol. The van der Waals surface area contributed by atoms with Gasteiger partial charge in [0.25, 0.3) is 42.7 Å². The monoisotopic (exact) mass is 1880 g/mol. The molecule has 16 rings (SSSR count). The Labute approximate surface area is 797 Å². The number of morpholine rings is 3. The van der Waals surface area contributed by atoms with Gasteiger partial charge in [-0.25, -0.2) is 9.59 Å². The minimum Gasteiger partial charge on any atom is -0.507 e. The number of aromatic nitrogens is 3. The van der Waals surface area contributed by atoms with Gasteiger partial charge in [0.1, 0.15) is 40.7 Å². The molecule has 5 aliphatic rings. The lowest BCUT2D eigenvalue weighted by Gasteiger charge is -2.43. The number of pyridine rings is 3. The van der Waals surface area contributed by atoms with Crippen molar-refractivity contribution in [1.82, 2.24) is 29.7 Å². The van der Waals surface area contributed by atoms with Crippen molar-refractivity contribution in [1.29, 1.82) is 0 Å². The molecule has 11 aromatic rings. The molecule has 710 valence electrons. The Hall–Kier alpha value is -11.9. The smallest absolute Gasteiger partial charge is 0.349 e. The van der Waals surface area contributed by atoms with Crippen LogP contribution in [0, 0.1) is 0 Å². The summed E-state index contributed by atoms with van der Waals surface area (Å²) < 4.78 is 65.8. The summed E-state index contributed by atoms with van der Waals surface area (Å²) in [5.74, 6) is -2.40. The highest BCUT2D eigenvalue weighted by atomic mass is 28.4. The maximum absolute atomic E-state index is 14.2. The Morgan fingerprint density at radius 3 is 1.03 bits per heavy atom. The lowest BCUT2D eigenvalue weighted by molar-refractivity contribution is -0.128. The maximum atomic E-state index is 14.2. The van der Waals surface area contributed by atoms with Gasteiger partial charge in [-0.2, -0.15) is 0 Å². The minimum absolute atomic E-state index is 0.0405. The first kappa shape index (κ1) is 101. The molecule has 8 heterocycles. The van der Waals surface area contributed by atoms with Gasteiger partial charge in [-0.3, -0.25) is 29.3 Å². The molecule has 27 heteroatoms. The van der Waals surface area contributed by atoms with Crippen molar-refractivity contribution in [3.8, 4) is 23.0 Å². The topological polar surface area (TPSA) is 276 Å². The van der Waals surface area contributed by atoms with Crippen molar-refractivity contribution in [2.45, 2.75) is 167 Å². The molecule has 3 amide bonds. The summed E-state index contributed by atoms with van der Waals surface area (Å²) in [4.78, 5) is 84.8. The Morgan fingerprint density at radius 1 is 0.393 bits per heavy atom. The van der Waals surface area contributed by atoms with Gasteiger partial charge in [0, 0.05) is 105 Å². The molecule has 0 unspecified atom stereocenters. The third kappa shape index (κ3) is 23.3. The number of aliphatic hydroxyl groups excluding tert-OH is 1. The number of nitrogens with zero attached hydrogens (tertiary/aromatic N) is 6. The fourth-order valence-electron chi connectivity index (χ4n) is 18.6. The van der Waals surface area contributed by atoms with Crippen LogP contribution in [-0.2, 0) is 56.2 Å². The molecule has 0 spiro atoms. The summed E-state index contributed by atoms with van der Waals surface area (Å²) in [6.45, 7) is 34.5. The summed E-state index contributed by atoms with van der Waals surface area (Å²) >= 11 is 0. The van der Waals surface area contributed by atoms with Crippen LogP contribution in [0.1, 0.15) is 172 Å². The number of amides is 3. The van der Waals surface area contributed by atoms with Crippen LogP contribution in [0.4, 0.5) is 0 Å². The summed E-state index contributed by atoms with van der Waals surface area (Å²) in [5.41, 5.74) is 4.25. The van der Waals surface area contributed by atoms with Gasteiger partial charge in [0.15, 0.2) is 0 Å². The average molecular weight is 1880 g/mol. The Balaban J connectivity index is 0.000000162. The second-order valence-corrected chi connectivity index (χ2v) is 50.8. The quantitative estimate of drug-likeness (QED) is 0.0376. The van der Waals surface area contributed by atoms with E-state index in [2.05, 4.69) is 242 Å². The molecule has 3 atom stereocenters. The molecule has 0 radical (unpaired) electrons. The molecule has 3 saturated heterocycles. The summed E-state index contributed by atoms with van der Waals surface area (Å²) in [5, 5.41) is 26.1. The van der Waals surface area contributed by atoms with Gasteiger partial charge in [-0.1, -0.05) is 263 Å². The highest BCUT2D eigenvalue weighted by Crippen LogP contribution is 2.43. The van der Waals surface area contributed by atoms with Gasteiger partial charge in [-0.05, 0) is 113 Å². The number of carbonyl (C=O) groups is 5. The molecular formula is C108H128N6O18Si3. The van der Waals surface area contributed by atoms with Crippen LogP contribution in [-0.4, -0.2) is 216 Å². The lowest BCUT2D eigenvalue weighted by Crippen LogP contribution is -2.66. The van der Waals surface area contributed by atoms with E-state index in [1.165, 1.54) is 37.2 Å². The molecule has 0 aliphatic carbocycles. The largest absolute Gasteiger partial charge is 0.507 e. The van der Waals surface area contributed by atoms with Crippen molar-refractivity contribution in [3.05, 3.63) is 318 Å². The first-order valence-electron chi connectivity index (χ1n) is 46.5. The average Bonchev–Trinajstić information content (AvgIpc) is 0.751. The molecule has 135 heavy (non-hydrogen) atoms. The number of fused-ring (bicyclic) bond motifs is 2. The maximum Gasteiger partial charge on any atom is 0.349 e. The standard InChI is InChI=1S/C39H44N2O7Si.C30H38N2O3Si.C29H36N2O4Si.C10H10O4/c1-38(2,3)49(29-14-8-6-9-15-29,30-16-10-7-11-17-30)46-24-21-32-31(18-13-22-40-32)36(42)41-23-25-44-26-28(41)27-45-33-19-12-20-34-35(33)37(43)48-39(4,5)47-34;1-5-24-23-34-22-20-32(24)29(33)27-17-12-19-31-28(27)18-21-35-36(30(2,3)4,25-13-8-6-9-14-25)26-15-10-7-11-16-26;1-29(2,3)36(24-11-6-4-7-12-24,25-13-8-5-9-14-25)35-19-16-27-26(15-10-17-30-27)28(33)31-18-20-34-22-23(31)21-32;1-10(2)13-7-5-3-4-6(11)8(7)9(12)14-10/h6-20,22,28H,21,23-27H2,1-5H3;6-17,19,24H,5,18,20-23H2,1-4H3;4-15,17,23,32H,16,18-22H2,1-3H3;3-5,11H,1-2H3/t28-;24-;23-;/m011./s1. The van der Waals surface area contributed by atoms with E-state index in [-0.39, 0.29) is 75.0 Å². The predicted octanol–water partition coefficient (Wildman–Crippen LogP) is 14.6. The minimum atomic E-state index is -2.76. The van der Waals surface area contributed by atoms with Crippen molar-refractivity contribution in [2.75, 3.05) is 92.3 Å². The lowest BCUT2D eigenvalue weighted by atomic mass is 10.1. The SMILES string of the molecule is CC(C)(C)[Si](OCCc1ncccc1C(=O)N1CCOC[C@H]1CO)(c1ccccc1)c1ccccc1.CC1(C)OC(=O)c2c(O)cccc2O1.CC1(C)OC(=O)c2c(OC[C@@H]3COCCN3C(=O)c3cccnc3CCO[Si](c3ccccc3)(c3ccccc3)C(C)(C)C)cccc2O1.CC[C@@H]1COCCN1C(=O)c1cccnc1CCO[Si](c1ccccc1)(c1ccccc1)C(C)(C)C. The second-order valence-electron chi connectivity index (χ2n) is 37.9. The van der Waals surface area contributed by atoms with Crippen molar-refractivity contribution < 1.29 is 85.4 Å². The van der Waals surface area contributed by atoms with Crippen LogP contribution < -0.4 is 45.3 Å². The number of cyclic esters (lactones) is 2. The Kier molecular flexibility index (Phi) is 33.3. The number of phenolic OH excluding ortho intramolecular Hbond substituents is 1. The number of aliphatic hydroxyl groups is 1. The van der Waals surface area contributed by atoms with Crippen LogP contribution in [0.15, 0.2) is 273 Å². The normalized spacial score (nSPS) is 17.1. The third-order valence-corrected chi connectivity index (χ3v) is 40.1. The van der Waals surface area contributed by atoms with E-state index in [0.29, 0.717) is 144 Å². The number of hydrogen-bond donors (Lipinski definition) is 2. The zero-order chi connectivity index (χ0) is 96.2. The van der Waals surface area contributed by atoms with Crippen LogP contribution >= 0.6 is 0 Å². The van der Waals surface area contributed by atoms with Crippen LogP contribution in [0.5, 0.6) is 23.0 Å². The summed E-state index contributed by atoms with van der Waals surface area (Å²) in [7, 11) is -8.06. The van der Waals surface area contributed by atoms with Gasteiger partial charge in [-0.15, -0.1) is 0 Å². The summed E-state index contributed by atoms with van der Waals surface area (Å²) in [6.07, 6.45) is 7.64. The molecule has 2 N–H and O–H groups in total. The molecule has 8 aromatic carbocycles. The number of aromatic hydroxyl groups is 1. The van der Waals surface area contributed by atoms with E-state index < -0.39 is 54.5 Å². The zero-order valence-corrected chi connectivity index (χ0v) is 83.1. The van der Waals surface area contributed by atoms with Gasteiger partial charge in [0.05, 0.1) is 98.1 Å². The number of carbonyl (C=O) groups excluding carboxylic acids is 5. The van der Waals surface area contributed by atoms with Gasteiger partial charge in [0.2, 0.25) is 11.6 Å². The van der Waals surface area contributed by atoms with E-state index in [1.54, 1.807) is 98.5 Å². The van der Waals surface area contributed by atoms with Crippen LogP contribution in [0.25, 0.3) is 0 Å². The van der Waals surface area contributed by atoms with Gasteiger partial charge >= 0.3 is 11.9 Å². The molecule has 0 bridgehead atoms. The van der Waals surface area contributed by atoms with E-state index in [0.717, 1.165) is 12.1 Å². The summed E-state index contributed by atoms with van der Waals surface area (Å²) in [6, 6.07) is 83.5. The van der Waals surface area contributed by atoms with Crippen LogP contribution in [0.2, 0.25) is 15.1 Å². The zero-order valence-electron chi connectivity index (χ0n) is 80.1. The number of hydrogen-bond acceptors (Lipinski definition) is 21. The fourth-order valence-corrected chi connectivity index (χ4v) is 32.3. The van der Waals surface area contributed by atoms with Crippen molar-refractivity contribution >= 4 is 85.7 Å². The molecule has 0 saturated carbocycles. The highest BCUT2D eigenvalue weighted by molar-refractivity contribution is 7.00. The predicted molar refractivity (Wildman–Crippen MR) is 529 cm³/mol. The molecule has 3 aromatic heterocycles. The van der Waals surface area contributed by atoms with E-state index in [1.807, 2.05) is 53.4 Å². The fraction of sp³-hybridized carbons (Fsp3) is 0.370. The first-order valence-corrected chi connectivity index (χ1v) is 52.2. The molecule has 24 nitrogen and oxygen atoms in total. The van der Waals surface area contributed by atoms with Crippen molar-refractivity contribution in [2.24, 2.45) is 0 Å². The first-order chi connectivity index (χ1) is 64.8. The molecule has 3 fully saturated rings. The number of rotatable bonds is 26. The van der Waals surface area contributed by atoms with E-state index in [9.17, 15) is 34.2 Å². The third-order valence-electron chi connectivity index (χ3n) is 25.0. The number of benzene rings is 8.